The van der Waals surface area contributed by atoms with E-state index >= 15 is 0 Å². The molecule has 2 saturated heterocycles. The molecule has 0 radical (unpaired) electrons. The number of halogens is 3. The Morgan fingerprint density at radius 3 is 2.47 bits per heavy atom. The average Bonchev–Trinajstić information content (AvgIpc) is 3.37. The number of hydrogen-bond acceptors (Lipinski definition) is 10. The van der Waals surface area contributed by atoms with Crippen LogP contribution in [0.4, 0.5) is 18.0 Å². The third-order valence-corrected chi connectivity index (χ3v) is 8.98. The van der Waals surface area contributed by atoms with Gasteiger partial charge in [0.05, 0.1) is 29.0 Å². The molecular weight excluding hydrogens is 627 g/mol. The number of nitrogens with zero attached hydrogens (tertiary/aromatic N) is 4. The van der Waals surface area contributed by atoms with Crippen molar-refractivity contribution in [3.63, 3.8) is 0 Å². The van der Waals surface area contributed by atoms with Gasteiger partial charge in [0.2, 0.25) is 0 Å². The Kier molecular flexibility index (Phi) is 8.00. The smallest absolute Gasteiger partial charge is 0.475 e. The molecule has 13 nitrogen and oxygen atoms in total. The first-order chi connectivity index (χ1) is 22.1. The van der Waals surface area contributed by atoms with Crippen LogP contribution in [0.3, 0.4) is 0 Å². The molecule has 2 aromatic heterocycles. The van der Waals surface area contributed by atoms with E-state index in [1.54, 1.807) is 23.6 Å². The number of fused-ring (bicyclic) bond motifs is 7. The van der Waals surface area contributed by atoms with Gasteiger partial charge >= 0.3 is 24.2 Å². The number of rotatable bonds is 4. The lowest BCUT2D eigenvalue weighted by Gasteiger charge is -2.51. The van der Waals surface area contributed by atoms with E-state index in [1.165, 1.54) is 0 Å². The molecule has 16 heteroatoms. The molecule has 0 spiro atoms. The fourth-order valence-electron chi connectivity index (χ4n) is 6.59. The number of carbonyl (C=O) groups excluding carboxylic acids is 2. The standard InChI is InChI=1S/C29H31N5O6.C2HF3O2/c1-4-29(38)21-9-23-25-15(12-33(23)26(35)20(21)14-39-27(29)36)7-18-19(13-32(2)3)24(6-5-22(18)31-25)40-28(37)34-16-8-17(34)11-30-10-16;3-2(4,5)1(6)7/h5-7,9,16-17,30,38H,4,8,10-14H2,1-3H3;(H,6,7)/t16?,17?,29-;/m0./s1. The molecule has 47 heavy (non-hydrogen) atoms. The van der Waals surface area contributed by atoms with Crippen LogP contribution in [-0.2, 0) is 39.6 Å². The molecule has 0 saturated carbocycles. The number of carboxylic acids is 1. The molecule has 1 amide bonds. The van der Waals surface area contributed by atoms with E-state index in [2.05, 4.69) is 5.32 Å². The highest BCUT2D eigenvalue weighted by molar-refractivity contribution is 5.90. The van der Waals surface area contributed by atoms with Gasteiger partial charge in [-0.25, -0.2) is 19.4 Å². The second-order valence-electron chi connectivity index (χ2n) is 12.2. The molecule has 3 N–H and O–H groups in total. The summed E-state index contributed by atoms with van der Waals surface area (Å²) in [5.41, 5.74) is 1.98. The molecule has 2 fully saturated rings. The predicted molar refractivity (Wildman–Crippen MR) is 159 cm³/mol. The fourth-order valence-corrected chi connectivity index (χ4v) is 6.59. The van der Waals surface area contributed by atoms with Crippen molar-refractivity contribution in [1.82, 2.24) is 24.7 Å². The molecule has 3 atom stereocenters. The first-order valence-corrected chi connectivity index (χ1v) is 14.9. The molecular formula is C31H32F3N5O8. The topological polar surface area (TPSA) is 164 Å². The van der Waals surface area contributed by atoms with Crippen LogP contribution in [0.5, 0.6) is 5.75 Å². The average molecular weight is 660 g/mol. The monoisotopic (exact) mass is 659 g/mol. The van der Waals surface area contributed by atoms with Crippen LogP contribution >= 0.6 is 0 Å². The Labute approximate surface area is 265 Å². The number of piperidine rings is 1. The second-order valence-corrected chi connectivity index (χ2v) is 12.2. The van der Waals surface area contributed by atoms with E-state index in [9.17, 15) is 32.7 Å². The number of esters is 1. The molecule has 4 aliphatic heterocycles. The number of piperazine rings is 1. The Morgan fingerprint density at radius 2 is 1.87 bits per heavy atom. The van der Waals surface area contributed by atoms with E-state index in [0.29, 0.717) is 46.9 Å². The molecule has 3 aromatic rings. The number of carbonyl (C=O) groups is 3. The Hall–Kier alpha value is -4.54. The van der Waals surface area contributed by atoms with Gasteiger partial charge in [-0.2, -0.15) is 13.2 Å². The van der Waals surface area contributed by atoms with Crippen LogP contribution in [0.1, 0.15) is 42.0 Å². The number of ether oxygens (including phenoxy) is 2. The van der Waals surface area contributed by atoms with Gasteiger partial charge in [-0.05, 0) is 51.2 Å². The number of aromatic nitrogens is 2. The summed E-state index contributed by atoms with van der Waals surface area (Å²) >= 11 is 0. The minimum Gasteiger partial charge on any atom is -0.475 e. The molecule has 0 aliphatic carbocycles. The number of aliphatic hydroxyl groups is 1. The van der Waals surface area contributed by atoms with Crippen molar-refractivity contribution in [3.05, 3.63) is 56.9 Å². The number of nitrogens with one attached hydrogen (secondary N) is 1. The van der Waals surface area contributed by atoms with Crippen LogP contribution in [-0.4, -0.2) is 93.0 Å². The number of carboxylic acid groups (broad SMARTS) is 1. The number of aliphatic carboxylic acids is 1. The molecule has 2 unspecified atom stereocenters. The van der Waals surface area contributed by atoms with Crippen molar-refractivity contribution in [3.8, 4) is 17.1 Å². The van der Waals surface area contributed by atoms with Crippen molar-refractivity contribution in [2.24, 2.45) is 0 Å². The zero-order chi connectivity index (χ0) is 34.0. The molecule has 250 valence electrons. The van der Waals surface area contributed by atoms with Gasteiger partial charge < -0.3 is 34.5 Å². The Bertz CT molecular complexity index is 1860. The van der Waals surface area contributed by atoms with Crippen LogP contribution in [0, 0.1) is 0 Å². The van der Waals surface area contributed by atoms with E-state index in [1.807, 2.05) is 36.0 Å². The maximum absolute atomic E-state index is 13.5. The van der Waals surface area contributed by atoms with Crippen molar-refractivity contribution in [2.75, 3.05) is 27.2 Å². The van der Waals surface area contributed by atoms with E-state index in [0.717, 1.165) is 36.0 Å². The summed E-state index contributed by atoms with van der Waals surface area (Å²) in [6.07, 6.45) is -4.33. The van der Waals surface area contributed by atoms with Gasteiger partial charge in [0.15, 0.2) is 5.60 Å². The van der Waals surface area contributed by atoms with E-state index in [4.69, 9.17) is 24.4 Å². The number of cyclic esters (lactones) is 1. The third kappa shape index (κ3) is 5.49. The second kappa shape index (κ2) is 11.6. The summed E-state index contributed by atoms with van der Waals surface area (Å²) in [5.74, 6) is -3.00. The molecule has 4 aliphatic rings. The number of benzene rings is 1. The highest BCUT2D eigenvalue weighted by Crippen LogP contribution is 2.40. The molecule has 1 aromatic carbocycles. The zero-order valence-corrected chi connectivity index (χ0v) is 25.7. The SMILES string of the molecule is CC[C@@]1(O)C(=O)OCc2c1cc1n(c2=O)Cc2cc3c(CN(C)C)c(OC(=O)N4C5CNCC4C5)ccc3nc2-1.O=C(O)C(F)(F)F. The van der Waals surface area contributed by atoms with Gasteiger partial charge in [-0.1, -0.05) is 6.92 Å². The Morgan fingerprint density at radius 1 is 1.19 bits per heavy atom. The molecule has 7 rings (SSSR count). The van der Waals surface area contributed by atoms with Crippen LogP contribution < -0.4 is 15.6 Å². The lowest BCUT2D eigenvalue weighted by molar-refractivity contribution is -0.192. The van der Waals surface area contributed by atoms with Crippen LogP contribution in [0.2, 0.25) is 0 Å². The van der Waals surface area contributed by atoms with E-state index in [-0.39, 0.29) is 36.8 Å². The lowest BCUT2D eigenvalue weighted by Crippen LogP contribution is -2.69. The number of hydrogen-bond donors (Lipinski definition) is 3. The van der Waals surface area contributed by atoms with Gasteiger partial charge in [-0.15, -0.1) is 0 Å². The van der Waals surface area contributed by atoms with Crippen molar-refractivity contribution in [1.29, 1.82) is 0 Å². The van der Waals surface area contributed by atoms with Crippen LogP contribution in [0.15, 0.2) is 29.1 Å². The number of amides is 1. The van der Waals surface area contributed by atoms with Gasteiger partial charge in [0.25, 0.3) is 5.56 Å². The minimum atomic E-state index is -5.08. The first-order valence-electron chi connectivity index (χ1n) is 14.9. The lowest BCUT2D eigenvalue weighted by atomic mass is 9.86. The maximum Gasteiger partial charge on any atom is 0.490 e. The molecule has 2 bridgehead atoms. The highest BCUT2D eigenvalue weighted by atomic mass is 19.4. The third-order valence-electron chi connectivity index (χ3n) is 8.98. The maximum atomic E-state index is 13.5. The summed E-state index contributed by atoms with van der Waals surface area (Å²) < 4.78 is 44.5. The fraction of sp³-hybridized carbons (Fsp3) is 0.452. The number of pyridine rings is 2. The zero-order valence-electron chi connectivity index (χ0n) is 25.7. The minimum absolute atomic E-state index is 0.0879. The summed E-state index contributed by atoms with van der Waals surface area (Å²) in [6, 6.07) is 7.67. The largest absolute Gasteiger partial charge is 0.490 e. The van der Waals surface area contributed by atoms with Crippen molar-refractivity contribution < 1.29 is 47.2 Å². The Balaban J connectivity index is 0.000000499. The van der Waals surface area contributed by atoms with Crippen molar-refractivity contribution >= 4 is 28.9 Å². The van der Waals surface area contributed by atoms with E-state index < -0.39 is 23.7 Å². The summed E-state index contributed by atoms with van der Waals surface area (Å²) in [5, 5.41) is 22.4. The number of alkyl halides is 3. The first kappa shape index (κ1) is 32.4. The van der Waals surface area contributed by atoms with Gasteiger partial charge in [0, 0.05) is 53.8 Å². The van der Waals surface area contributed by atoms with Crippen LogP contribution in [0.25, 0.3) is 22.3 Å². The summed E-state index contributed by atoms with van der Waals surface area (Å²) in [6.45, 7) is 3.90. The highest BCUT2D eigenvalue weighted by Gasteiger charge is 2.46. The normalized spacial score (nSPS) is 22.4. The summed E-state index contributed by atoms with van der Waals surface area (Å²) in [4.78, 5) is 56.8. The predicted octanol–water partition coefficient (Wildman–Crippen LogP) is 2.32. The van der Waals surface area contributed by atoms with Gasteiger partial charge in [0.1, 0.15) is 12.4 Å². The molecule has 6 heterocycles. The van der Waals surface area contributed by atoms with Crippen molar-refractivity contribution in [2.45, 2.75) is 63.3 Å². The quantitative estimate of drug-likeness (QED) is 0.276. The summed E-state index contributed by atoms with van der Waals surface area (Å²) in [7, 11) is 3.91. The van der Waals surface area contributed by atoms with Gasteiger partial charge in [-0.3, -0.25) is 9.69 Å².